The number of ether oxygens (including phenoxy) is 1. The topological polar surface area (TPSA) is 58.6 Å². The van der Waals surface area contributed by atoms with E-state index in [0.29, 0.717) is 5.75 Å². The van der Waals surface area contributed by atoms with Gasteiger partial charge in [0, 0.05) is 12.1 Å². The van der Waals surface area contributed by atoms with Crippen molar-refractivity contribution in [3.05, 3.63) is 65.5 Å². The minimum Gasteiger partial charge on any atom is -0.491 e. The lowest BCUT2D eigenvalue weighted by atomic mass is 10.1. The van der Waals surface area contributed by atoms with Gasteiger partial charge in [-0.05, 0) is 36.4 Å². The van der Waals surface area contributed by atoms with E-state index in [4.69, 9.17) is 4.74 Å². The molecular weight excluding hydrogens is 323 g/mol. The highest BCUT2D eigenvalue weighted by molar-refractivity contribution is 5.78. The Labute approximate surface area is 136 Å². The first kappa shape index (κ1) is 17.8. The number of aliphatic hydroxyl groups excluding tert-OH is 1. The van der Waals surface area contributed by atoms with Crippen LogP contribution in [0.4, 0.5) is 13.2 Å². The van der Waals surface area contributed by atoms with Crippen molar-refractivity contribution >= 4 is 5.91 Å². The van der Waals surface area contributed by atoms with Gasteiger partial charge in [0.15, 0.2) is 0 Å². The van der Waals surface area contributed by atoms with E-state index in [2.05, 4.69) is 5.32 Å². The lowest BCUT2D eigenvalue weighted by Crippen LogP contribution is -2.36. The molecule has 2 N–H and O–H groups in total. The van der Waals surface area contributed by atoms with Crippen LogP contribution in [-0.2, 0) is 11.2 Å². The number of aliphatic hydroxyl groups is 1. The lowest BCUT2D eigenvalue weighted by molar-refractivity contribution is -0.121. The standard InChI is InChI=1S/C17H16F3NO3/c18-11-4-6-13(7-5-11)24-10-12(22)9-21-17(23)8-14-15(19)2-1-3-16(14)20/h1-7,12,22H,8-10H2,(H,21,23). The van der Waals surface area contributed by atoms with Crippen LogP contribution < -0.4 is 10.1 Å². The summed E-state index contributed by atoms with van der Waals surface area (Å²) in [5, 5.41) is 12.1. The summed E-state index contributed by atoms with van der Waals surface area (Å²) in [5.41, 5.74) is -0.327. The van der Waals surface area contributed by atoms with Crippen LogP contribution in [0.15, 0.2) is 42.5 Å². The molecule has 2 rings (SSSR count). The van der Waals surface area contributed by atoms with Crippen LogP contribution in [0.3, 0.4) is 0 Å². The molecule has 7 heteroatoms. The Hall–Kier alpha value is -2.54. The van der Waals surface area contributed by atoms with Gasteiger partial charge in [-0.2, -0.15) is 0 Å². The number of hydrogen-bond acceptors (Lipinski definition) is 3. The van der Waals surface area contributed by atoms with Crippen molar-refractivity contribution in [2.75, 3.05) is 13.2 Å². The third kappa shape index (κ3) is 5.27. The summed E-state index contributed by atoms with van der Waals surface area (Å²) in [5.74, 6) is -2.26. The molecule has 0 fully saturated rings. The Morgan fingerprint density at radius 3 is 2.33 bits per heavy atom. The predicted octanol–water partition coefficient (Wildman–Crippen LogP) is 2.20. The number of halogens is 3. The van der Waals surface area contributed by atoms with Gasteiger partial charge in [-0.3, -0.25) is 4.79 Å². The molecule has 1 amide bonds. The Balaban J connectivity index is 1.76. The minimum atomic E-state index is -1.02. The second-order valence-corrected chi connectivity index (χ2v) is 5.10. The molecule has 0 bridgehead atoms. The number of hydrogen-bond donors (Lipinski definition) is 2. The molecule has 1 atom stereocenters. The number of benzene rings is 2. The van der Waals surface area contributed by atoms with Gasteiger partial charge in [0.05, 0.1) is 6.42 Å². The molecule has 0 aliphatic carbocycles. The van der Waals surface area contributed by atoms with Crippen molar-refractivity contribution in [2.45, 2.75) is 12.5 Å². The van der Waals surface area contributed by atoms with Crippen molar-refractivity contribution in [2.24, 2.45) is 0 Å². The van der Waals surface area contributed by atoms with Crippen LogP contribution in [0.1, 0.15) is 5.56 Å². The van der Waals surface area contributed by atoms with Crippen molar-refractivity contribution in [1.29, 1.82) is 0 Å². The van der Waals surface area contributed by atoms with Gasteiger partial charge in [-0.25, -0.2) is 13.2 Å². The molecular formula is C17H16F3NO3. The van der Waals surface area contributed by atoms with Gasteiger partial charge in [0.1, 0.15) is 35.9 Å². The van der Waals surface area contributed by atoms with E-state index in [9.17, 15) is 23.1 Å². The summed E-state index contributed by atoms with van der Waals surface area (Å²) < 4.78 is 44.8. The molecule has 0 spiro atoms. The van der Waals surface area contributed by atoms with E-state index < -0.39 is 35.9 Å². The molecule has 24 heavy (non-hydrogen) atoms. The van der Waals surface area contributed by atoms with Gasteiger partial charge in [-0.1, -0.05) is 6.07 Å². The Morgan fingerprint density at radius 2 is 1.71 bits per heavy atom. The normalized spacial score (nSPS) is 11.8. The fraction of sp³-hybridized carbons (Fsp3) is 0.235. The minimum absolute atomic E-state index is 0.125. The van der Waals surface area contributed by atoms with Crippen LogP contribution in [0.5, 0.6) is 5.75 Å². The van der Waals surface area contributed by atoms with Gasteiger partial charge in [0.2, 0.25) is 5.91 Å². The van der Waals surface area contributed by atoms with E-state index in [1.807, 2.05) is 0 Å². The highest BCUT2D eigenvalue weighted by Crippen LogP contribution is 2.13. The Morgan fingerprint density at radius 1 is 1.08 bits per heavy atom. The monoisotopic (exact) mass is 339 g/mol. The predicted molar refractivity (Wildman–Crippen MR) is 81.0 cm³/mol. The molecule has 0 saturated heterocycles. The summed E-state index contributed by atoms with van der Waals surface area (Å²) in [6.07, 6.45) is -1.49. The van der Waals surface area contributed by atoms with Crippen LogP contribution in [-0.4, -0.2) is 30.3 Å². The fourth-order valence-electron chi connectivity index (χ4n) is 1.94. The van der Waals surface area contributed by atoms with E-state index in [0.717, 1.165) is 12.1 Å². The molecule has 0 aromatic heterocycles. The maximum atomic E-state index is 13.4. The number of nitrogens with one attached hydrogen (secondary N) is 1. The second-order valence-electron chi connectivity index (χ2n) is 5.10. The van der Waals surface area contributed by atoms with Crippen LogP contribution >= 0.6 is 0 Å². The summed E-state index contributed by atoms with van der Waals surface area (Å²) in [4.78, 5) is 11.7. The highest BCUT2D eigenvalue weighted by atomic mass is 19.1. The Bertz CT molecular complexity index is 672. The van der Waals surface area contributed by atoms with Gasteiger partial charge in [0.25, 0.3) is 0 Å². The molecule has 0 aliphatic heterocycles. The largest absolute Gasteiger partial charge is 0.491 e. The maximum Gasteiger partial charge on any atom is 0.224 e. The van der Waals surface area contributed by atoms with Crippen molar-refractivity contribution in [3.63, 3.8) is 0 Å². The maximum absolute atomic E-state index is 13.4. The molecule has 128 valence electrons. The number of carbonyl (C=O) groups is 1. The summed E-state index contributed by atoms with van der Waals surface area (Å²) in [6.45, 7) is -0.268. The third-order valence-corrected chi connectivity index (χ3v) is 3.19. The molecule has 1 unspecified atom stereocenters. The zero-order valence-corrected chi connectivity index (χ0v) is 12.6. The SMILES string of the molecule is O=C(Cc1c(F)cccc1F)NCC(O)COc1ccc(F)cc1. The first-order valence-corrected chi connectivity index (χ1v) is 7.21. The average molecular weight is 339 g/mol. The molecule has 4 nitrogen and oxygen atoms in total. The molecule has 2 aromatic rings. The van der Waals surface area contributed by atoms with E-state index >= 15 is 0 Å². The van der Waals surface area contributed by atoms with E-state index in [1.54, 1.807) is 0 Å². The zero-order valence-electron chi connectivity index (χ0n) is 12.6. The summed E-state index contributed by atoms with van der Waals surface area (Å²) in [6, 6.07) is 8.58. The molecule has 0 aliphatic rings. The van der Waals surface area contributed by atoms with Gasteiger partial charge < -0.3 is 15.2 Å². The van der Waals surface area contributed by atoms with Gasteiger partial charge >= 0.3 is 0 Å². The smallest absolute Gasteiger partial charge is 0.224 e. The van der Waals surface area contributed by atoms with Crippen LogP contribution in [0.25, 0.3) is 0 Å². The highest BCUT2D eigenvalue weighted by Gasteiger charge is 2.14. The molecule has 0 saturated carbocycles. The molecule has 0 heterocycles. The van der Waals surface area contributed by atoms with Gasteiger partial charge in [-0.15, -0.1) is 0 Å². The third-order valence-electron chi connectivity index (χ3n) is 3.19. The van der Waals surface area contributed by atoms with Crippen molar-refractivity contribution < 1.29 is 27.8 Å². The quantitative estimate of drug-likeness (QED) is 0.813. The second kappa shape index (κ2) is 8.35. The number of carbonyl (C=O) groups excluding carboxylic acids is 1. The fourth-order valence-corrected chi connectivity index (χ4v) is 1.94. The van der Waals surface area contributed by atoms with Crippen LogP contribution in [0.2, 0.25) is 0 Å². The van der Waals surface area contributed by atoms with E-state index in [-0.39, 0.29) is 18.7 Å². The van der Waals surface area contributed by atoms with Crippen molar-refractivity contribution in [1.82, 2.24) is 5.32 Å². The lowest BCUT2D eigenvalue weighted by Gasteiger charge is -2.13. The molecule has 2 aromatic carbocycles. The van der Waals surface area contributed by atoms with Crippen LogP contribution in [0, 0.1) is 17.5 Å². The first-order chi connectivity index (χ1) is 11.5. The Kier molecular flexibility index (Phi) is 6.20. The summed E-state index contributed by atoms with van der Waals surface area (Å²) in [7, 11) is 0. The van der Waals surface area contributed by atoms with E-state index in [1.165, 1.54) is 30.3 Å². The average Bonchev–Trinajstić information content (AvgIpc) is 2.56. The molecule has 0 radical (unpaired) electrons. The van der Waals surface area contributed by atoms with Crippen molar-refractivity contribution in [3.8, 4) is 5.75 Å². The first-order valence-electron chi connectivity index (χ1n) is 7.21. The summed E-state index contributed by atoms with van der Waals surface area (Å²) >= 11 is 0. The number of rotatable bonds is 7. The number of amides is 1. The zero-order chi connectivity index (χ0) is 17.5.